The van der Waals surface area contributed by atoms with Gasteiger partial charge in [0.15, 0.2) is 17.3 Å². The topological polar surface area (TPSA) is 21.9 Å². The van der Waals surface area contributed by atoms with Gasteiger partial charge >= 0.3 is 5.66 Å². The van der Waals surface area contributed by atoms with Crippen molar-refractivity contribution in [2.24, 2.45) is 0 Å². The van der Waals surface area contributed by atoms with Gasteiger partial charge in [-0.25, -0.2) is 0 Å². The van der Waals surface area contributed by atoms with Crippen molar-refractivity contribution in [3.8, 4) is 61.8 Å². The third-order valence-electron chi connectivity index (χ3n) is 10.7. The molecule has 2 aromatic heterocycles. The predicted octanol–water partition coefficient (Wildman–Crippen LogP) is 8.98. The van der Waals surface area contributed by atoms with Crippen molar-refractivity contribution < 1.29 is 14.0 Å². The largest absolute Gasteiger partial charge is 0.455 e. The lowest BCUT2D eigenvalue weighted by Crippen LogP contribution is -2.73. The second-order valence-electron chi connectivity index (χ2n) is 13.2. The summed E-state index contributed by atoms with van der Waals surface area (Å²) in [6.45, 7) is 8.92. The number of benzene rings is 5. The van der Waals surface area contributed by atoms with Crippen LogP contribution in [0.3, 0.4) is 0 Å². The fourth-order valence-electron chi connectivity index (χ4n) is 8.85. The van der Waals surface area contributed by atoms with E-state index < -0.39 is 5.66 Å². The summed E-state index contributed by atoms with van der Waals surface area (Å²) in [5, 5.41) is 0. The van der Waals surface area contributed by atoms with Gasteiger partial charge in [0.2, 0.25) is 11.9 Å². The standard InChI is InChI=1S/C43H33N3O/c1-26-10-7-11-27(2)38(26)31-18-16-30(17-19-31)32-20-15-28(3)39(29(32)4)33-21-22-37-42-40(33)34-12-5-6-23-44(34)43(42)41-35(13-8-14-36(41)47-37)45-24-9-25-46(43)45/h5-25H,1-4H3/q+2. The molecular weight excluding hydrogens is 574 g/mol. The summed E-state index contributed by atoms with van der Waals surface area (Å²) < 4.78 is 13.9. The fourth-order valence-corrected chi connectivity index (χ4v) is 8.85. The van der Waals surface area contributed by atoms with Crippen LogP contribution in [-0.4, -0.2) is 4.68 Å². The number of pyridine rings is 1. The van der Waals surface area contributed by atoms with Gasteiger partial charge in [0.05, 0.1) is 11.8 Å². The molecule has 0 aliphatic carbocycles. The first-order valence-corrected chi connectivity index (χ1v) is 16.4. The van der Waals surface area contributed by atoms with Crippen LogP contribution >= 0.6 is 0 Å². The van der Waals surface area contributed by atoms with Crippen LogP contribution in [0.4, 0.5) is 0 Å². The summed E-state index contributed by atoms with van der Waals surface area (Å²) in [7, 11) is 0. The number of ether oxygens (including phenoxy) is 1. The summed E-state index contributed by atoms with van der Waals surface area (Å²) in [4.78, 5) is 0. The maximum Gasteiger partial charge on any atom is 0.447 e. The second-order valence-corrected chi connectivity index (χ2v) is 13.2. The van der Waals surface area contributed by atoms with E-state index in [1.54, 1.807) is 0 Å². The van der Waals surface area contributed by atoms with Crippen LogP contribution in [0.25, 0.3) is 50.3 Å². The Morgan fingerprint density at radius 2 is 1.28 bits per heavy atom. The van der Waals surface area contributed by atoms with Crippen molar-refractivity contribution in [3.63, 3.8) is 0 Å². The van der Waals surface area contributed by atoms with E-state index in [0.29, 0.717) is 0 Å². The Balaban J connectivity index is 1.21. The molecule has 0 amide bonds. The van der Waals surface area contributed by atoms with Crippen molar-refractivity contribution in [2.75, 3.05) is 0 Å². The molecule has 3 aliphatic rings. The lowest BCUT2D eigenvalue weighted by molar-refractivity contribution is -0.988. The van der Waals surface area contributed by atoms with Gasteiger partial charge in [0.25, 0.3) is 0 Å². The third-order valence-corrected chi connectivity index (χ3v) is 10.7. The molecule has 5 heterocycles. The van der Waals surface area contributed by atoms with E-state index in [1.165, 1.54) is 78.0 Å². The molecule has 47 heavy (non-hydrogen) atoms. The van der Waals surface area contributed by atoms with E-state index in [2.05, 4.69) is 169 Å². The Labute approximate surface area is 274 Å². The molecule has 1 unspecified atom stereocenters. The Morgan fingerprint density at radius 1 is 0.553 bits per heavy atom. The van der Waals surface area contributed by atoms with Gasteiger partial charge < -0.3 is 4.74 Å². The minimum atomic E-state index is -0.575. The van der Waals surface area contributed by atoms with Gasteiger partial charge in [-0.05, 0) is 118 Å². The quantitative estimate of drug-likeness (QED) is 0.184. The maximum atomic E-state index is 6.76. The lowest BCUT2D eigenvalue weighted by Gasteiger charge is -2.25. The predicted molar refractivity (Wildman–Crippen MR) is 185 cm³/mol. The Hall–Kier alpha value is -5.74. The minimum Gasteiger partial charge on any atom is -0.455 e. The van der Waals surface area contributed by atoms with Crippen LogP contribution in [0.1, 0.15) is 33.4 Å². The van der Waals surface area contributed by atoms with Crippen LogP contribution in [0.15, 0.2) is 128 Å². The summed E-state index contributed by atoms with van der Waals surface area (Å²) in [6.07, 6.45) is 6.58. The molecule has 5 aromatic carbocycles. The fraction of sp³-hybridized carbons (Fsp3) is 0.116. The highest BCUT2D eigenvalue weighted by Crippen LogP contribution is 2.57. The third kappa shape index (κ3) is 3.22. The molecule has 10 rings (SSSR count). The molecule has 0 fully saturated rings. The van der Waals surface area contributed by atoms with Gasteiger partial charge in [0, 0.05) is 18.2 Å². The lowest BCUT2D eigenvalue weighted by atomic mass is 9.81. The second kappa shape index (κ2) is 9.17. The van der Waals surface area contributed by atoms with E-state index in [-0.39, 0.29) is 0 Å². The number of hydrogen-bond donors (Lipinski definition) is 0. The van der Waals surface area contributed by atoms with E-state index in [0.717, 1.165) is 17.2 Å². The first-order chi connectivity index (χ1) is 23.0. The van der Waals surface area contributed by atoms with Crippen LogP contribution in [-0.2, 0) is 5.66 Å². The molecule has 0 N–H and O–H groups in total. The van der Waals surface area contributed by atoms with Gasteiger partial charge in [-0.1, -0.05) is 60.7 Å². The maximum absolute atomic E-state index is 6.76. The van der Waals surface area contributed by atoms with Crippen molar-refractivity contribution in [2.45, 2.75) is 33.4 Å². The van der Waals surface area contributed by atoms with Crippen LogP contribution in [0, 0.1) is 27.7 Å². The summed E-state index contributed by atoms with van der Waals surface area (Å²) >= 11 is 0. The summed E-state index contributed by atoms with van der Waals surface area (Å²) in [5.74, 6) is 1.82. The highest BCUT2D eigenvalue weighted by atomic mass is 16.5. The average Bonchev–Trinajstić information content (AvgIpc) is 3.76. The highest BCUT2D eigenvalue weighted by molar-refractivity contribution is 5.93. The number of fused-ring (bicyclic) bond motifs is 4. The first kappa shape index (κ1) is 26.5. The molecule has 3 aliphatic heterocycles. The summed E-state index contributed by atoms with van der Waals surface area (Å²) in [5.41, 5.74) is 18.1. The van der Waals surface area contributed by atoms with Crippen molar-refractivity contribution in [1.82, 2.24) is 4.68 Å². The molecule has 4 nitrogen and oxygen atoms in total. The molecule has 1 atom stereocenters. The van der Waals surface area contributed by atoms with E-state index in [4.69, 9.17) is 4.74 Å². The molecule has 224 valence electrons. The molecule has 7 aromatic rings. The number of aryl methyl sites for hydroxylation is 3. The zero-order valence-corrected chi connectivity index (χ0v) is 26.9. The van der Waals surface area contributed by atoms with Crippen molar-refractivity contribution >= 4 is 0 Å². The number of hydrogen-bond acceptors (Lipinski definition) is 1. The van der Waals surface area contributed by atoms with Gasteiger partial charge in [-0.2, -0.15) is 0 Å². The van der Waals surface area contributed by atoms with Gasteiger partial charge in [-0.15, -0.1) is 9.25 Å². The van der Waals surface area contributed by atoms with Crippen molar-refractivity contribution in [1.29, 1.82) is 0 Å². The monoisotopic (exact) mass is 607 g/mol. The normalized spacial score (nSPS) is 15.9. The molecule has 0 radical (unpaired) electrons. The molecular formula is C43H33N3O+2. The van der Waals surface area contributed by atoms with E-state index in [9.17, 15) is 0 Å². The number of nitrogens with zero attached hydrogens (tertiary/aromatic N) is 3. The molecule has 1 spiro atoms. The minimum absolute atomic E-state index is 0.575. The van der Waals surface area contributed by atoms with Crippen LogP contribution in [0.5, 0.6) is 11.5 Å². The Morgan fingerprint density at radius 3 is 2.11 bits per heavy atom. The average molecular weight is 608 g/mol. The SMILES string of the molecule is Cc1cccc(C)c1-c1ccc(-c2ccc(C)c(-c3ccc4c5c3-c3cccc[n+]3C53c5c(cccc5-n5ccc[n+]53)O4)c2C)cc1. The van der Waals surface area contributed by atoms with Crippen molar-refractivity contribution in [3.05, 3.63) is 161 Å². The number of aromatic nitrogens is 3. The first-order valence-electron chi connectivity index (χ1n) is 16.4. The van der Waals surface area contributed by atoms with Gasteiger partial charge in [-0.3, -0.25) is 0 Å². The smallest absolute Gasteiger partial charge is 0.447 e. The Kier molecular flexibility index (Phi) is 5.17. The molecule has 4 heteroatoms. The van der Waals surface area contributed by atoms with E-state index >= 15 is 0 Å². The Bertz CT molecular complexity index is 2470. The molecule has 0 saturated heterocycles. The van der Waals surface area contributed by atoms with Gasteiger partial charge in [0.1, 0.15) is 17.2 Å². The van der Waals surface area contributed by atoms with Crippen LogP contribution in [0.2, 0.25) is 0 Å². The zero-order valence-electron chi connectivity index (χ0n) is 26.9. The van der Waals surface area contributed by atoms with E-state index in [1.807, 2.05) is 0 Å². The zero-order chi connectivity index (χ0) is 31.6. The molecule has 0 saturated carbocycles. The number of rotatable bonds is 3. The van der Waals surface area contributed by atoms with Crippen LogP contribution < -0.4 is 14.0 Å². The summed E-state index contributed by atoms with van der Waals surface area (Å²) in [6, 6.07) is 39.8. The highest BCUT2D eigenvalue weighted by Gasteiger charge is 2.72. The molecule has 0 bridgehead atoms.